The Labute approximate surface area is 205 Å². The predicted molar refractivity (Wildman–Crippen MR) is 133 cm³/mol. The standard InChI is InChI=1S/C28H29N3O4/c1-4-35-25-14-13-19(17-31-27(33)22-11-7-8-12-23(22)28(31)34)15-24(25)26(32)29-16-20-9-5-6-10-21(20)18-30(2)3/h5-15H,4,16-18H2,1-3H3,(H,29,32). The summed E-state index contributed by atoms with van der Waals surface area (Å²) in [7, 11) is 4.01. The molecule has 3 aromatic carbocycles. The van der Waals surface area contributed by atoms with Crippen LogP contribution in [0.25, 0.3) is 0 Å². The molecule has 0 radical (unpaired) electrons. The van der Waals surface area contributed by atoms with Gasteiger partial charge in [0.2, 0.25) is 0 Å². The molecule has 1 heterocycles. The molecule has 0 saturated heterocycles. The second kappa shape index (κ2) is 10.5. The monoisotopic (exact) mass is 471 g/mol. The number of imide groups is 1. The van der Waals surface area contributed by atoms with Gasteiger partial charge in [0.15, 0.2) is 0 Å². The minimum absolute atomic E-state index is 0.0741. The van der Waals surface area contributed by atoms with E-state index in [1.165, 1.54) is 4.90 Å². The predicted octanol–water partition coefficient (Wildman–Crippen LogP) is 3.87. The maximum Gasteiger partial charge on any atom is 0.261 e. The number of hydrogen-bond donors (Lipinski definition) is 1. The Bertz CT molecular complexity index is 1230. The van der Waals surface area contributed by atoms with Crippen LogP contribution in [0.15, 0.2) is 66.7 Å². The third kappa shape index (κ3) is 5.25. The van der Waals surface area contributed by atoms with Crippen molar-refractivity contribution in [2.75, 3.05) is 20.7 Å². The van der Waals surface area contributed by atoms with Crippen molar-refractivity contribution in [3.63, 3.8) is 0 Å². The van der Waals surface area contributed by atoms with Gasteiger partial charge in [-0.25, -0.2) is 0 Å². The van der Waals surface area contributed by atoms with Gasteiger partial charge in [0.05, 0.1) is 29.8 Å². The van der Waals surface area contributed by atoms with Gasteiger partial charge in [-0.15, -0.1) is 0 Å². The summed E-state index contributed by atoms with van der Waals surface area (Å²) >= 11 is 0. The third-order valence-corrected chi connectivity index (χ3v) is 5.85. The summed E-state index contributed by atoms with van der Waals surface area (Å²) in [5.74, 6) is -0.485. The topological polar surface area (TPSA) is 78.9 Å². The number of amides is 3. The van der Waals surface area contributed by atoms with Crippen LogP contribution in [-0.2, 0) is 19.6 Å². The molecule has 1 aliphatic heterocycles. The fourth-order valence-corrected chi connectivity index (χ4v) is 4.20. The average molecular weight is 472 g/mol. The zero-order chi connectivity index (χ0) is 24.9. The van der Waals surface area contributed by atoms with E-state index >= 15 is 0 Å². The molecule has 0 spiro atoms. The number of carbonyl (C=O) groups is 3. The van der Waals surface area contributed by atoms with Crippen molar-refractivity contribution in [3.05, 3.63) is 100 Å². The largest absolute Gasteiger partial charge is 0.493 e. The van der Waals surface area contributed by atoms with E-state index in [0.717, 1.165) is 17.7 Å². The Hall–Kier alpha value is -3.97. The van der Waals surface area contributed by atoms with Crippen LogP contribution < -0.4 is 10.1 Å². The molecule has 0 aromatic heterocycles. The first kappa shape index (κ1) is 24.2. The van der Waals surface area contributed by atoms with Crippen molar-refractivity contribution < 1.29 is 19.1 Å². The quantitative estimate of drug-likeness (QED) is 0.480. The maximum absolute atomic E-state index is 13.2. The van der Waals surface area contributed by atoms with Gasteiger partial charge in [-0.3, -0.25) is 19.3 Å². The van der Waals surface area contributed by atoms with E-state index in [1.54, 1.807) is 42.5 Å². The van der Waals surface area contributed by atoms with Crippen molar-refractivity contribution in [1.82, 2.24) is 15.1 Å². The zero-order valence-electron chi connectivity index (χ0n) is 20.2. The van der Waals surface area contributed by atoms with Crippen LogP contribution in [0.2, 0.25) is 0 Å². The Morgan fingerprint density at radius 2 is 1.54 bits per heavy atom. The van der Waals surface area contributed by atoms with E-state index in [2.05, 4.69) is 16.3 Å². The molecule has 180 valence electrons. The smallest absolute Gasteiger partial charge is 0.261 e. The Morgan fingerprint density at radius 1 is 0.914 bits per heavy atom. The van der Waals surface area contributed by atoms with Crippen molar-refractivity contribution in [2.45, 2.75) is 26.6 Å². The van der Waals surface area contributed by atoms with Crippen molar-refractivity contribution in [1.29, 1.82) is 0 Å². The number of rotatable bonds is 9. The van der Waals surface area contributed by atoms with E-state index in [-0.39, 0.29) is 24.3 Å². The van der Waals surface area contributed by atoms with Gasteiger partial charge in [0.1, 0.15) is 5.75 Å². The van der Waals surface area contributed by atoms with Crippen LogP contribution >= 0.6 is 0 Å². The van der Waals surface area contributed by atoms with E-state index in [4.69, 9.17) is 4.74 Å². The van der Waals surface area contributed by atoms with Gasteiger partial charge in [-0.05, 0) is 62.0 Å². The first-order valence-electron chi connectivity index (χ1n) is 11.6. The van der Waals surface area contributed by atoms with Gasteiger partial charge < -0.3 is 15.0 Å². The molecule has 0 saturated carbocycles. The summed E-state index contributed by atoms with van der Waals surface area (Å²) < 4.78 is 5.69. The normalized spacial score (nSPS) is 12.7. The maximum atomic E-state index is 13.2. The highest BCUT2D eigenvalue weighted by molar-refractivity contribution is 6.21. The lowest BCUT2D eigenvalue weighted by Crippen LogP contribution is -2.29. The molecule has 3 aromatic rings. The van der Waals surface area contributed by atoms with Gasteiger partial charge in [0, 0.05) is 13.1 Å². The minimum Gasteiger partial charge on any atom is -0.493 e. The molecule has 4 rings (SSSR count). The number of ether oxygens (including phenoxy) is 1. The third-order valence-electron chi connectivity index (χ3n) is 5.85. The molecule has 0 aliphatic carbocycles. The highest BCUT2D eigenvalue weighted by Gasteiger charge is 2.35. The molecule has 3 amide bonds. The summed E-state index contributed by atoms with van der Waals surface area (Å²) in [4.78, 5) is 42.0. The molecule has 35 heavy (non-hydrogen) atoms. The van der Waals surface area contributed by atoms with Crippen LogP contribution in [0.3, 0.4) is 0 Å². The molecule has 0 unspecified atom stereocenters. The molecule has 1 aliphatic rings. The molecule has 1 N–H and O–H groups in total. The Kier molecular flexibility index (Phi) is 7.27. The van der Waals surface area contributed by atoms with Crippen LogP contribution in [0.5, 0.6) is 5.75 Å². The number of nitrogens with one attached hydrogen (secondary N) is 1. The fraction of sp³-hybridized carbons (Fsp3) is 0.250. The molecule has 0 fully saturated rings. The van der Waals surface area contributed by atoms with E-state index in [9.17, 15) is 14.4 Å². The summed E-state index contributed by atoms with van der Waals surface area (Å²) in [6.45, 7) is 3.48. The number of fused-ring (bicyclic) bond motifs is 1. The summed E-state index contributed by atoms with van der Waals surface area (Å²) in [6.07, 6.45) is 0. The van der Waals surface area contributed by atoms with Crippen LogP contribution in [-0.4, -0.2) is 48.2 Å². The molecule has 7 heteroatoms. The van der Waals surface area contributed by atoms with E-state index in [1.807, 2.05) is 39.2 Å². The van der Waals surface area contributed by atoms with E-state index < -0.39 is 0 Å². The van der Waals surface area contributed by atoms with Crippen molar-refractivity contribution in [3.8, 4) is 5.75 Å². The fourth-order valence-electron chi connectivity index (χ4n) is 4.20. The van der Waals surface area contributed by atoms with Crippen LogP contribution in [0, 0.1) is 0 Å². The second-order valence-corrected chi connectivity index (χ2v) is 8.69. The highest BCUT2D eigenvalue weighted by Crippen LogP contribution is 2.26. The summed E-state index contributed by atoms with van der Waals surface area (Å²) in [6, 6.07) is 20.0. The lowest BCUT2D eigenvalue weighted by molar-refractivity contribution is 0.0642. The van der Waals surface area contributed by atoms with Gasteiger partial charge in [-0.2, -0.15) is 0 Å². The number of carbonyl (C=O) groups excluding carboxylic acids is 3. The van der Waals surface area contributed by atoms with Crippen LogP contribution in [0.4, 0.5) is 0 Å². The average Bonchev–Trinajstić information content (AvgIpc) is 3.09. The summed E-state index contributed by atoms with van der Waals surface area (Å²) in [5.41, 5.74) is 4.01. The SMILES string of the molecule is CCOc1ccc(CN2C(=O)c3ccccc3C2=O)cc1C(=O)NCc1ccccc1CN(C)C. The molecular formula is C28H29N3O4. The Balaban J connectivity index is 1.54. The first-order valence-corrected chi connectivity index (χ1v) is 11.6. The second-order valence-electron chi connectivity index (χ2n) is 8.69. The van der Waals surface area contributed by atoms with Gasteiger partial charge in [0.25, 0.3) is 17.7 Å². The lowest BCUT2D eigenvalue weighted by Gasteiger charge is -2.17. The highest BCUT2D eigenvalue weighted by atomic mass is 16.5. The first-order chi connectivity index (χ1) is 16.9. The number of benzene rings is 3. The van der Waals surface area contributed by atoms with E-state index in [0.29, 0.717) is 41.2 Å². The van der Waals surface area contributed by atoms with Crippen LogP contribution in [0.1, 0.15) is 54.7 Å². The van der Waals surface area contributed by atoms with Gasteiger partial charge in [-0.1, -0.05) is 42.5 Å². The summed E-state index contributed by atoms with van der Waals surface area (Å²) in [5, 5.41) is 3.00. The van der Waals surface area contributed by atoms with Crippen molar-refractivity contribution in [2.24, 2.45) is 0 Å². The molecule has 7 nitrogen and oxygen atoms in total. The molecule has 0 atom stereocenters. The molecular weight excluding hydrogens is 442 g/mol. The van der Waals surface area contributed by atoms with Crippen molar-refractivity contribution >= 4 is 17.7 Å². The lowest BCUT2D eigenvalue weighted by atomic mass is 10.1. The van der Waals surface area contributed by atoms with Gasteiger partial charge >= 0.3 is 0 Å². The minimum atomic E-state index is -0.331. The number of hydrogen-bond acceptors (Lipinski definition) is 5. The zero-order valence-corrected chi connectivity index (χ0v) is 20.2. The number of nitrogens with zero attached hydrogens (tertiary/aromatic N) is 2. The Morgan fingerprint density at radius 3 is 2.17 bits per heavy atom. The molecule has 0 bridgehead atoms.